The van der Waals surface area contributed by atoms with E-state index in [1.807, 2.05) is 30.3 Å². The number of nitrogens with zero attached hydrogens (tertiary/aromatic N) is 1. The zero-order chi connectivity index (χ0) is 13.2. The van der Waals surface area contributed by atoms with Crippen molar-refractivity contribution in [3.8, 4) is 0 Å². The lowest BCUT2D eigenvalue weighted by atomic mass is 10.4. The summed E-state index contributed by atoms with van der Waals surface area (Å²) in [6, 6.07) is 10.00. The fourth-order valence-electron chi connectivity index (χ4n) is 1.61. The first-order valence-electron chi connectivity index (χ1n) is 6.43. The van der Waals surface area contributed by atoms with E-state index in [0.29, 0.717) is 5.75 Å². The van der Waals surface area contributed by atoms with Crippen LogP contribution < -0.4 is 5.32 Å². The van der Waals surface area contributed by atoms with Crippen LogP contribution in [0.3, 0.4) is 0 Å². The first kappa shape index (κ1) is 15.1. The standard InChI is InChI=1S/C14H22N2OS/c1-3-16(4-2)11-10-15-14(17)12-18-13-8-6-5-7-9-13/h5-9H,3-4,10-12H2,1-2H3,(H,15,17). The molecular weight excluding hydrogens is 244 g/mol. The number of benzene rings is 1. The minimum atomic E-state index is 0.107. The SMILES string of the molecule is CCN(CC)CCNC(=O)CSc1ccccc1. The van der Waals surface area contributed by atoms with Crippen LogP contribution in [0.25, 0.3) is 0 Å². The fraction of sp³-hybridized carbons (Fsp3) is 0.500. The van der Waals surface area contributed by atoms with E-state index in [0.717, 1.165) is 31.1 Å². The summed E-state index contributed by atoms with van der Waals surface area (Å²) in [6.07, 6.45) is 0. The lowest BCUT2D eigenvalue weighted by molar-refractivity contribution is -0.118. The number of thioether (sulfide) groups is 1. The Labute approximate surface area is 114 Å². The van der Waals surface area contributed by atoms with Crippen LogP contribution in [0.15, 0.2) is 35.2 Å². The van der Waals surface area contributed by atoms with Gasteiger partial charge in [-0.15, -0.1) is 11.8 Å². The Balaban J connectivity index is 2.14. The van der Waals surface area contributed by atoms with Gasteiger partial charge in [0.15, 0.2) is 0 Å². The third-order valence-corrected chi connectivity index (χ3v) is 3.77. The number of nitrogens with one attached hydrogen (secondary N) is 1. The first-order valence-corrected chi connectivity index (χ1v) is 7.41. The van der Waals surface area contributed by atoms with Gasteiger partial charge < -0.3 is 10.2 Å². The molecule has 1 amide bonds. The molecule has 0 heterocycles. The van der Waals surface area contributed by atoms with Gasteiger partial charge in [-0.2, -0.15) is 0 Å². The molecule has 0 bridgehead atoms. The minimum absolute atomic E-state index is 0.107. The monoisotopic (exact) mass is 266 g/mol. The molecule has 3 nitrogen and oxygen atoms in total. The van der Waals surface area contributed by atoms with Gasteiger partial charge in [-0.1, -0.05) is 32.0 Å². The van der Waals surface area contributed by atoms with Crippen LogP contribution >= 0.6 is 11.8 Å². The molecule has 0 aromatic heterocycles. The van der Waals surface area contributed by atoms with Crippen molar-refractivity contribution in [3.63, 3.8) is 0 Å². The van der Waals surface area contributed by atoms with Crippen LogP contribution in [0.1, 0.15) is 13.8 Å². The number of amides is 1. The van der Waals surface area contributed by atoms with Crippen molar-refractivity contribution in [1.82, 2.24) is 10.2 Å². The molecule has 4 heteroatoms. The Morgan fingerprint density at radius 3 is 2.50 bits per heavy atom. The van der Waals surface area contributed by atoms with Gasteiger partial charge in [0.1, 0.15) is 0 Å². The number of carbonyl (C=O) groups excluding carboxylic acids is 1. The van der Waals surface area contributed by atoms with Gasteiger partial charge in [-0.3, -0.25) is 4.79 Å². The van der Waals surface area contributed by atoms with Crippen molar-refractivity contribution in [2.24, 2.45) is 0 Å². The molecule has 0 spiro atoms. The normalized spacial score (nSPS) is 10.6. The Morgan fingerprint density at radius 2 is 1.89 bits per heavy atom. The second-order valence-electron chi connectivity index (χ2n) is 3.98. The van der Waals surface area contributed by atoms with E-state index in [2.05, 4.69) is 24.1 Å². The molecule has 1 aromatic rings. The molecule has 100 valence electrons. The van der Waals surface area contributed by atoms with Crippen LogP contribution in [-0.4, -0.2) is 42.7 Å². The van der Waals surface area contributed by atoms with Crippen LogP contribution in [-0.2, 0) is 4.79 Å². The highest BCUT2D eigenvalue weighted by Crippen LogP contribution is 2.15. The van der Waals surface area contributed by atoms with E-state index in [-0.39, 0.29) is 5.91 Å². The summed E-state index contributed by atoms with van der Waals surface area (Å²) in [7, 11) is 0. The molecule has 0 radical (unpaired) electrons. The van der Waals surface area contributed by atoms with Crippen LogP contribution in [0.5, 0.6) is 0 Å². The molecule has 0 fully saturated rings. The summed E-state index contributed by atoms with van der Waals surface area (Å²) >= 11 is 1.57. The average molecular weight is 266 g/mol. The second-order valence-corrected chi connectivity index (χ2v) is 5.03. The van der Waals surface area contributed by atoms with Crippen molar-refractivity contribution < 1.29 is 4.79 Å². The molecule has 1 rings (SSSR count). The number of likely N-dealkylation sites (N-methyl/N-ethyl adjacent to an activating group) is 1. The van der Waals surface area contributed by atoms with Gasteiger partial charge >= 0.3 is 0 Å². The molecule has 0 aliphatic carbocycles. The summed E-state index contributed by atoms with van der Waals surface area (Å²) in [6.45, 7) is 7.99. The van der Waals surface area contributed by atoms with Gasteiger partial charge in [0.2, 0.25) is 5.91 Å². The van der Waals surface area contributed by atoms with E-state index in [1.165, 1.54) is 0 Å². The minimum Gasteiger partial charge on any atom is -0.354 e. The zero-order valence-electron chi connectivity index (χ0n) is 11.2. The topological polar surface area (TPSA) is 32.3 Å². The van der Waals surface area contributed by atoms with E-state index in [9.17, 15) is 4.79 Å². The van der Waals surface area contributed by atoms with Crippen LogP contribution in [0.4, 0.5) is 0 Å². The third kappa shape index (κ3) is 6.07. The lowest BCUT2D eigenvalue weighted by Crippen LogP contribution is -2.35. The summed E-state index contributed by atoms with van der Waals surface area (Å²) < 4.78 is 0. The summed E-state index contributed by atoms with van der Waals surface area (Å²) in [5.74, 6) is 0.596. The van der Waals surface area contributed by atoms with E-state index >= 15 is 0 Å². The highest BCUT2D eigenvalue weighted by molar-refractivity contribution is 8.00. The van der Waals surface area contributed by atoms with E-state index < -0.39 is 0 Å². The summed E-state index contributed by atoms with van der Waals surface area (Å²) in [5, 5.41) is 2.95. The summed E-state index contributed by atoms with van der Waals surface area (Å²) in [4.78, 5) is 15.1. The summed E-state index contributed by atoms with van der Waals surface area (Å²) in [5.41, 5.74) is 0. The molecule has 0 saturated heterocycles. The Morgan fingerprint density at radius 1 is 1.22 bits per heavy atom. The van der Waals surface area contributed by atoms with Crippen molar-refractivity contribution in [1.29, 1.82) is 0 Å². The Kier molecular flexibility index (Phi) is 7.53. The van der Waals surface area contributed by atoms with Gasteiger partial charge in [-0.25, -0.2) is 0 Å². The predicted molar refractivity (Wildman–Crippen MR) is 78.0 cm³/mol. The predicted octanol–water partition coefficient (Wildman–Crippen LogP) is 2.24. The van der Waals surface area contributed by atoms with Crippen molar-refractivity contribution in [2.75, 3.05) is 31.9 Å². The number of carbonyl (C=O) groups is 1. The van der Waals surface area contributed by atoms with Crippen LogP contribution in [0.2, 0.25) is 0 Å². The van der Waals surface area contributed by atoms with E-state index in [1.54, 1.807) is 11.8 Å². The van der Waals surface area contributed by atoms with Gasteiger partial charge in [0, 0.05) is 18.0 Å². The Bertz CT molecular complexity index is 339. The number of hydrogen-bond acceptors (Lipinski definition) is 3. The largest absolute Gasteiger partial charge is 0.354 e. The maximum Gasteiger partial charge on any atom is 0.230 e. The molecule has 0 saturated carbocycles. The highest BCUT2D eigenvalue weighted by Gasteiger charge is 2.03. The number of hydrogen-bond donors (Lipinski definition) is 1. The van der Waals surface area contributed by atoms with Gasteiger partial charge in [0.25, 0.3) is 0 Å². The maximum atomic E-state index is 11.6. The maximum absolute atomic E-state index is 11.6. The van der Waals surface area contributed by atoms with Crippen molar-refractivity contribution in [2.45, 2.75) is 18.7 Å². The lowest BCUT2D eigenvalue weighted by Gasteiger charge is -2.17. The van der Waals surface area contributed by atoms with Crippen LogP contribution in [0, 0.1) is 0 Å². The zero-order valence-corrected chi connectivity index (χ0v) is 12.0. The molecule has 0 aliphatic rings. The quantitative estimate of drug-likeness (QED) is 0.732. The molecule has 18 heavy (non-hydrogen) atoms. The fourth-order valence-corrected chi connectivity index (χ4v) is 2.36. The van der Waals surface area contributed by atoms with Gasteiger partial charge in [0.05, 0.1) is 5.75 Å². The van der Waals surface area contributed by atoms with Crippen molar-refractivity contribution in [3.05, 3.63) is 30.3 Å². The Hall–Kier alpha value is -1.00. The molecular formula is C14H22N2OS. The van der Waals surface area contributed by atoms with E-state index in [4.69, 9.17) is 0 Å². The second kappa shape index (κ2) is 9.00. The molecule has 0 atom stereocenters. The smallest absolute Gasteiger partial charge is 0.230 e. The molecule has 1 N–H and O–H groups in total. The number of rotatable bonds is 8. The molecule has 1 aromatic carbocycles. The third-order valence-electron chi connectivity index (χ3n) is 2.76. The molecule has 0 unspecified atom stereocenters. The molecule has 0 aliphatic heterocycles. The van der Waals surface area contributed by atoms with Gasteiger partial charge in [-0.05, 0) is 25.2 Å². The van der Waals surface area contributed by atoms with Crippen molar-refractivity contribution >= 4 is 17.7 Å². The highest BCUT2D eigenvalue weighted by atomic mass is 32.2. The average Bonchev–Trinajstić information content (AvgIpc) is 2.42. The first-order chi connectivity index (χ1) is 8.76.